The van der Waals surface area contributed by atoms with Crippen molar-refractivity contribution in [2.24, 2.45) is 11.8 Å². The number of carbonyl (C=O) groups excluding carboxylic acids is 3. The van der Waals surface area contributed by atoms with Crippen molar-refractivity contribution in [1.82, 2.24) is 19.4 Å². The van der Waals surface area contributed by atoms with Crippen molar-refractivity contribution in [3.8, 4) is 0 Å². The highest BCUT2D eigenvalue weighted by molar-refractivity contribution is 7.07. The first-order chi connectivity index (χ1) is 11.1. The Bertz CT molecular complexity index is 696. The molecule has 1 aromatic heterocycles. The largest absolute Gasteiger partial charge is 0.334 e. The topological polar surface area (TPSA) is 83.5 Å². The number of carbonyl (C=O) groups is 3. The third-order valence-corrected chi connectivity index (χ3v) is 5.72. The molecule has 1 aromatic rings. The second-order valence-corrected chi connectivity index (χ2v) is 7.01. The smallest absolute Gasteiger partial charge is 0.267 e. The van der Waals surface area contributed by atoms with Crippen LogP contribution in [0, 0.1) is 18.8 Å². The van der Waals surface area contributed by atoms with Crippen LogP contribution in [0.1, 0.15) is 28.2 Å². The molecule has 0 spiro atoms. The number of allylic oxidation sites excluding steroid dienone is 2. The fourth-order valence-corrected chi connectivity index (χ4v) is 4.17. The Labute approximate surface area is 137 Å². The van der Waals surface area contributed by atoms with E-state index in [1.807, 2.05) is 12.2 Å². The molecule has 0 saturated carbocycles. The molecular weight excluding hydrogens is 316 g/mol. The first-order valence-electron chi connectivity index (χ1n) is 7.68. The number of amides is 3. The average Bonchev–Trinajstić information content (AvgIpc) is 3.03. The zero-order valence-electron chi connectivity index (χ0n) is 12.6. The second-order valence-electron chi connectivity index (χ2n) is 6.25. The van der Waals surface area contributed by atoms with Crippen molar-refractivity contribution in [3.05, 3.63) is 22.7 Å². The van der Waals surface area contributed by atoms with E-state index >= 15 is 0 Å². The summed E-state index contributed by atoms with van der Waals surface area (Å²) < 4.78 is 3.77. The molecule has 2 fully saturated rings. The van der Waals surface area contributed by atoms with E-state index in [-0.39, 0.29) is 35.6 Å². The van der Waals surface area contributed by atoms with Crippen molar-refractivity contribution in [2.75, 3.05) is 13.1 Å². The van der Waals surface area contributed by atoms with Gasteiger partial charge >= 0.3 is 0 Å². The Morgan fingerprint density at radius 2 is 1.78 bits per heavy atom. The van der Waals surface area contributed by atoms with Crippen LogP contribution in [0.4, 0.5) is 0 Å². The fraction of sp³-hybridized carbons (Fsp3) is 0.533. The third kappa shape index (κ3) is 2.12. The summed E-state index contributed by atoms with van der Waals surface area (Å²) in [6, 6.07) is -0.189. The molecule has 2 atom stereocenters. The van der Waals surface area contributed by atoms with Gasteiger partial charge in [0, 0.05) is 13.1 Å². The molecule has 120 valence electrons. The van der Waals surface area contributed by atoms with E-state index < -0.39 is 0 Å². The molecular formula is C15H16N4O3S. The quantitative estimate of drug-likeness (QED) is 0.586. The zero-order valence-corrected chi connectivity index (χ0v) is 13.5. The van der Waals surface area contributed by atoms with Gasteiger partial charge in [0.15, 0.2) is 0 Å². The Morgan fingerprint density at radius 1 is 1.17 bits per heavy atom. The van der Waals surface area contributed by atoms with Crippen LogP contribution in [0.2, 0.25) is 0 Å². The highest BCUT2D eigenvalue weighted by Gasteiger charge is 2.52. The summed E-state index contributed by atoms with van der Waals surface area (Å²) in [4.78, 5) is 40.9. The Morgan fingerprint density at radius 3 is 2.30 bits per heavy atom. The highest BCUT2D eigenvalue weighted by Crippen LogP contribution is 2.37. The molecule has 3 amide bonds. The average molecular weight is 332 g/mol. The van der Waals surface area contributed by atoms with E-state index in [1.54, 1.807) is 11.8 Å². The van der Waals surface area contributed by atoms with Crippen LogP contribution < -0.4 is 0 Å². The molecule has 2 saturated heterocycles. The Hall–Kier alpha value is -2.09. The van der Waals surface area contributed by atoms with Crippen LogP contribution in [0.3, 0.4) is 0 Å². The van der Waals surface area contributed by atoms with Crippen molar-refractivity contribution in [2.45, 2.75) is 25.8 Å². The molecule has 0 aromatic carbocycles. The highest BCUT2D eigenvalue weighted by atomic mass is 32.1. The normalized spacial score (nSPS) is 27.3. The van der Waals surface area contributed by atoms with E-state index in [4.69, 9.17) is 0 Å². The number of aromatic nitrogens is 2. The van der Waals surface area contributed by atoms with Gasteiger partial charge in [-0.15, -0.1) is 5.10 Å². The number of imide groups is 1. The molecule has 4 rings (SSSR count). The number of nitrogens with zero attached hydrogens (tertiary/aromatic N) is 4. The Kier molecular flexibility index (Phi) is 3.29. The molecule has 7 nitrogen and oxygen atoms in total. The third-order valence-electron chi connectivity index (χ3n) is 4.90. The van der Waals surface area contributed by atoms with Gasteiger partial charge in [0.2, 0.25) is 11.8 Å². The number of likely N-dealkylation sites (tertiary alicyclic amines) is 2. The molecule has 3 heterocycles. The van der Waals surface area contributed by atoms with Crippen molar-refractivity contribution in [1.29, 1.82) is 0 Å². The maximum atomic E-state index is 12.5. The van der Waals surface area contributed by atoms with Crippen LogP contribution >= 0.6 is 11.5 Å². The zero-order chi connectivity index (χ0) is 16.1. The lowest BCUT2D eigenvalue weighted by atomic mass is 9.85. The minimum absolute atomic E-state index is 0.0721. The molecule has 0 radical (unpaired) electrons. The number of aryl methyl sites for hydroxylation is 1. The van der Waals surface area contributed by atoms with Gasteiger partial charge in [0.1, 0.15) is 4.88 Å². The van der Waals surface area contributed by atoms with Gasteiger partial charge in [-0.05, 0) is 31.3 Å². The summed E-state index contributed by atoms with van der Waals surface area (Å²) in [5, 5.41) is 3.84. The molecule has 8 heteroatoms. The van der Waals surface area contributed by atoms with E-state index in [0.29, 0.717) is 36.5 Å². The Balaban J connectivity index is 1.44. The molecule has 0 N–H and O–H groups in total. The number of rotatable bonds is 2. The van der Waals surface area contributed by atoms with Gasteiger partial charge in [-0.1, -0.05) is 16.6 Å². The maximum absolute atomic E-state index is 12.5. The summed E-state index contributed by atoms with van der Waals surface area (Å²) in [7, 11) is 0. The van der Waals surface area contributed by atoms with Crippen LogP contribution in [-0.4, -0.2) is 56.2 Å². The second kappa shape index (κ2) is 5.23. The number of fused-ring (bicyclic) bond motifs is 1. The minimum Gasteiger partial charge on any atom is -0.334 e. The lowest BCUT2D eigenvalue weighted by Gasteiger charge is -2.42. The lowest BCUT2D eigenvalue weighted by Crippen LogP contribution is -2.62. The van der Waals surface area contributed by atoms with Crippen molar-refractivity contribution in [3.63, 3.8) is 0 Å². The monoisotopic (exact) mass is 332 g/mol. The summed E-state index contributed by atoms with van der Waals surface area (Å²) in [5.74, 6) is -0.670. The number of hydrogen-bond donors (Lipinski definition) is 0. The predicted octanol–water partition coefficient (Wildman–Crippen LogP) is 0.622. The van der Waals surface area contributed by atoms with Crippen LogP contribution in [0.25, 0.3) is 0 Å². The van der Waals surface area contributed by atoms with Gasteiger partial charge < -0.3 is 4.90 Å². The molecule has 0 unspecified atom stereocenters. The van der Waals surface area contributed by atoms with E-state index in [1.165, 1.54) is 4.90 Å². The van der Waals surface area contributed by atoms with Gasteiger partial charge in [-0.25, -0.2) is 0 Å². The van der Waals surface area contributed by atoms with Gasteiger partial charge in [0.25, 0.3) is 5.91 Å². The molecule has 1 aliphatic carbocycles. The molecule has 23 heavy (non-hydrogen) atoms. The van der Waals surface area contributed by atoms with Crippen molar-refractivity contribution < 1.29 is 14.4 Å². The van der Waals surface area contributed by atoms with Gasteiger partial charge in [-0.3, -0.25) is 19.3 Å². The molecule has 2 aliphatic heterocycles. The fourth-order valence-electron chi connectivity index (χ4n) is 3.54. The van der Waals surface area contributed by atoms with Crippen LogP contribution in [0.5, 0.6) is 0 Å². The summed E-state index contributed by atoms with van der Waals surface area (Å²) in [5.41, 5.74) is 0.619. The van der Waals surface area contributed by atoms with E-state index in [2.05, 4.69) is 9.59 Å². The van der Waals surface area contributed by atoms with E-state index in [0.717, 1.165) is 11.5 Å². The summed E-state index contributed by atoms with van der Waals surface area (Å²) in [6.07, 6.45) is 5.25. The first kappa shape index (κ1) is 14.5. The standard InChI is InChI=1S/C15H16N4O3S/c1-8-12(23-17-16-8)15(22)18-6-9(7-18)19-13(20)10-4-2-3-5-11(10)14(19)21/h2-3,9-11H,4-7H2,1H3/t10-,11-/m1/s1. The molecule has 0 bridgehead atoms. The van der Waals surface area contributed by atoms with Gasteiger partial charge in [-0.2, -0.15) is 0 Å². The molecule has 3 aliphatic rings. The van der Waals surface area contributed by atoms with Crippen LogP contribution in [0.15, 0.2) is 12.2 Å². The summed E-state index contributed by atoms with van der Waals surface area (Å²) >= 11 is 1.08. The van der Waals surface area contributed by atoms with E-state index in [9.17, 15) is 14.4 Å². The number of hydrogen-bond acceptors (Lipinski definition) is 6. The minimum atomic E-state index is -0.204. The maximum Gasteiger partial charge on any atom is 0.267 e. The lowest BCUT2D eigenvalue weighted by molar-refractivity contribution is -0.145. The predicted molar refractivity (Wildman–Crippen MR) is 81.5 cm³/mol. The van der Waals surface area contributed by atoms with Crippen LogP contribution in [-0.2, 0) is 9.59 Å². The van der Waals surface area contributed by atoms with Gasteiger partial charge in [0.05, 0.1) is 23.6 Å². The SMILES string of the molecule is Cc1nnsc1C(=O)N1CC(N2C(=O)[C@@H]3CC=CC[C@H]3C2=O)C1. The summed E-state index contributed by atoms with van der Waals surface area (Å²) in [6.45, 7) is 2.56. The van der Waals surface area contributed by atoms with Crippen molar-refractivity contribution >= 4 is 29.3 Å². The first-order valence-corrected chi connectivity index (χ1v) is 8.45.